The Bertz CT molecular complexity index is 532. The number of nitrogens with zero attached hydrogens (tertiary/aromatic N) is 2. The molecule has 0 spiro atoms. The highest BCUT2D eigenvalue weighted by molar-refractivity contribution is 5.75. The summed E-state index contributed by atoms with van der Waals surface area (Å²) in [6, 6.07) is 7.85. The number of carbonyl (C=O) groups excluding carboxylic acids is 1. The second kappa shape index (κ2) is 5.93. The van der Waals surface area contributed by atoms with Gasteiger partial charge < -0.3 is 0 Å². The standard InChI is InChI=1S/C14H20N4O/c1-2-3-9-14(10-8-13(19)18-15)16-11-6-4-5-7-12(11)17-14/h4-7H,2-3,8-10,15H2,1H3,(H,18,19). The van der Waals surface area contributed by atoms with Crippen LogP contribution in [0.3, 0.4) is 0 Å². The number of amides is 1. The molecule has 0 fully saturated rings. The molecule has 0 atom stereocenters. The van der Waals surface area contributed by atoms with Crippen LogP contribution in [0.2, 0.25) is 0 Å². The molecule has 0 saturated heterocycles. The van der Waals surface area contributed by atoms with E-state index in [1.54, 1.807) is 0 Å². The normalized spacial score (nSPS) is 15.3. The zero-order valence-electron chi connectivity index (χ0n) is 11.2. The van der Waals surface area contributed by atoms with Gasteiger partial charge in [-0.1, -0.05) is 25.5 Å². The van der Waals surface area contributed by atoms with Gasteiger partial charge in [-0.25, -0.2) is 5.84 Å². The zero-order valence-corrected chi connectivity index (χ0v) is 11.2. The molecule has 1 aliphatic heterocycles. The van der Waals surface area contributed by atoms with Crippen molar-refractivity contribution in [3.63, 3.8) is 0 Å². The van der Waals surface area contributed by atoms with Gasteiger partial charge in [0.05, 0.1) is 10.7 Å². The number of fused-ring (bicyclic) bond motifs is 1. The van der Waals surface area contributed by atoms with Crippen LogP contribution in [0.5, 0.6) is 0 Å². The molecule has 0 aromatic heterocycles. The van der Waals surface area contributed by atoms with Crippen LogP contribution in [-0.2, 0) is 4.79 Å². The Morgan fingerprint density at radius 3 is 2.42 bits per heavy atom. The molecule has 2 rings (SSSR count). The largest absolute Gasteiger partial charge is 0.294 e. The lowest BCUT2D eigenvalue weighted by atomic mass is 9.98. The van der Waals surface area contributed by atoms with Crippen LogP contribution in [0.4, 0.5) is 0 Å². The number of carbonyl (C=O) groups is 1. The van der Waals surface area contributed by atoms with Crippen LogP contribution >= 0.6 is 0 Å². The number of nitrogens with one attached hydrogen (secondary N) is 1. The van der Waals surface area contributed by atoms with Crippen molar-refractivity contribution in [3.8, 4) is 0 Å². The van der Waals surface area contributed by atoms with Gasteiger partial charge in [0.15, 0.2) is 5.66 Å². The third kappa shape index (κ3) is 3.17. The molecule has 3 N–H and O–H groups in total. The molecule has 0 bridgehead atoms. The van der Waals surface area contributed by atoms with E-state index in [0.29, 0.717) is 12.8 Å². The van der Waals surface area contributed by atoms with Crippen LogP contribution in [0.25, 0.3) is 0 Å². The van der Waals surface area contributed by atoms with Gasteiger partial charge in [-0.3, -0.25) is 20.2 Å². The highest BCUT2D eigenvalue weighted by Gasteiger charge is 2.30. The first-order valence-corrected chi connectivity index (χ1v) is 6.73. The topological polar surface area (TPSA) is 79.8 Å². The van der Waals surface area contributed by atoms with Gasteiger partial charge in [-0.05, 0) is 25.0 Å². The molecule has 0 radical (unpaired) electrons. The van der Waals surface area contributed by atoms with Crippen molar-refractivity contribution < 1.29 is 4.79 Å². The van der Waals surface area contributed by atoms with Crippen molar-refractivity contribution in [1.29, 1.82) is 0 Å². The summed E-state index contributed by atoms with van der Waals surface area (Å²) in [6.07, 6.45) is 3.96. The highest BCUT2D eigenvalue weighted by Crippen LogP contribution is 2.27. The molecular formula is C14H20N4O. The highest BCUT2D eigenvalue weighted by atomic mass is 16.2. The fourth-order valence-corrected chi connectivity index (χ4v) is 2.32. The van der Waals surface area contributed by atoms with Gasteiger partial charge in [0.2, 0.25) is 5.91 Å². The molecule has 0 saturated carbocycles. The summed E-state index contributed by atoms with van der Waals surface area (Å²) in [5, 5.41) is 1.85. The average molecular weight is 260 g/mol. The number of hydrazine groups is 1. The smallest absolute Gasteiger partial charge is 0.234 e. The van der Waals surface area contributed by atoms with E-state index < -0.39 is 5.66 Å². The van der Waals surface area contributed by atoms with Crippen LogP contribution in [0.1, 0.15) is 39.0 Å². The van der Waals surface area contributed by atoms with Crippen molar-refractivity contribution in [2.45, 2.75) is 44.7 Å². The lowest BCUT2D eigenvalue weighted by molar-refractivity contribution is -0.121. The minimum absolute atomic E-state index is 0.169. The van der Waals surface area contributed by atoms with Crippen LogP contribution < -0.4 is 22.0 Å². The fraction of sp³-hybridized carbons (Fsp3) is 0.500. The van der Waals surface area contributed by atoms with Crippen LogP contribution in [-0.4, -0.2) is 11.6 Å². The van der Waals surface area contributed by atoms with Gasteiger partial charge >= 0.3 is 0 Å². The number of hydrogen-bond acceptors (Lipinski definition) is 4. The van der Waals surface area contributed by atoms with Crippen LogP contribution in [0.15, 0.2) is 34.3 Å². The first-order chi connectivity index (χ1) is 9.19. The molecule has 1 aromatic rings. The Morgan fingerprint density at radius 1 is 1.26 bits per heavy atom. The van der Waals surface area contributed by atoms with Gasteiger partial charge in [-0.2, -0.15) is 0 Å². The number of rotatable bonds is 6. The summed E-state index contributed by atoms with van der Waals surface area (Å²) < 4.78 is 0. The summed E-state index contributed by atoms with van der Waals surface area (Å²) in [5.41, 5.74) is 1.68. The van der Waals surface area contributed by atoms with Gasteiger partial charge in [0.1, 0.15) is 0 Å². The Kier molecular flexibility index (Phi) is 4.27. The predicted molar refractivity (Wildman–Crippen MR) is 72.6 cm³/mol. The molecule has 1 heterocycles. The molecule has 102 valence electrons. The first-order valence-electron chi connectivity index (χ1n) is 6.73. The third-order valence-electron chi connectivity index (χ3n) is 3.38. The maximum absolute atomic E-state index is 11.3. The van der Waals surface area contributed by atoms with Crippen molar-refractivity contribution in [1.82, 2.24) is 5.43 Å². The van der Waals surface area contributed by atoms with E-state index in [2.05, 4.69) is 12.3 Å². The average Bonchev–Trinajstić information content (AvgIpc) is 2.81. The Balaban J connectivity index is 2.23. The molecule has 0 unspecified atom stereocenters. The monoisotopic (exact) mass is 260 g/mol. The molecule has 19 heavy (non-hydrogen) atoms. The van der Waals surface area contributed by atoms with Gasteiger partial charge in [0.25, 0.3) is 0 Å². The van der Waals surface area contributed by atoms with Crippen molar-refractivity contribution in [2.24, 2.45) is 15.8 Å². The zero-order chi connectivity index (χ0) is 13.7. The predicted octanol–water partition coefficient (Wildman–Crippen LogP) is 0.596. The molecule has 1 amide bonds. The Hall–Kier alpha value is -1.75. The minimum Gasteiger partial charge on any atom is -0.294 e. The van der Waals surface area contributed by atoms with Crippen molar-refractivity contribution in [2.75, 3.05) is 0 Å². The van der Waals surface area contributed by atoms with E-state index >= 15 is 0 Å². The van der Waals surface area contributed by atoms with Crippen molar-refractivity contribution >= 4 is 5.91 Å². The molecule has 0 aliphatic carbocycles. The van der Waals surface area contributed by atoms with E-state index in [1.165, 1.54) is 0 Å². The number of para-hydroxylation sites is 2. The van der Waals surface area contributed by atoms with Gasteiger partial charge in [-0.15, -0.1) is 0 Å². The molecule has 1 aromatic carbocycles. The summed E-state index contributed by atoms with van der Waals surface area (Å²) in [5.74, 6) is 4.95. The maximum Gasteiger partial charge on any atom is 0.234 e. The lowest BCUT2D eigenvalue weighted by Crippen LogP contribution is -2.32. The number of unbranched alkanes of at least 4 members (excludes halogenated alkanes) is 1. The quantitative estimate of drug-likeness (QED) is 0.446. The van der Waals surface area contributed by atoms with Gasteiger partial charge in [0, 0.05) is 12.8 Å². The summed E-state index contributed by atoms with van der Waals surface area (Å²) in [7, 11) is 0. The Labute approximate surface area is 112 Å². The number of nitrogens with two attached hydrogens (primary N) is 1. The second-order valence-corrected chi connectivity index (χ2v) is 4.87. The minimum atomic E-state index is -0.480. The summed E-state index contributed by atoms with van der Waals surface area (Å²) >= 11 is 0. The first kappa shape index (κ1) is 13.7. The molecule has 1 aliphatic rings. The summed E-state index contributed by atoms with van der Waals surface area (Å²) in [6.45, 7) is 2.14. The maximum atomic E-state index is 11.3. The Morgan fingerprint density at radius 2 is 1.89 bits per heavy atom. The lowest BCUT2D eigenvalue weighted by Gasteiger charge is -2.22. The third-order valence-corrected chi connectivity index (χ3v) is 3.38. The van der Waals surface area contributed by atoms with E-state index in [-0.39, 0.29) is 5.91 Å². The molecule has 5 nitrogen and oxygen atoms in total. The molecule has 5 heteroatoms. The van der Waals surface area contributed by atoms with E-state index in [4.69, 9.17) is 15.8 Å². The number of hydrogen-bond donors (Lipinski definition) is 2. The van der Waals surface area contributed by atoms with Crippen molar-refractivity contribution in [3.05, 3.63) is 35.0 Å². The number of benzene rings is 1. The molecular weight excluding hydrogens is 240 g/mol. The van der Waals surface area contributed by atoms with E-state index in [9.17, 15) is 4.79 Å². The van der Waals surface area contributed by atoms with E-state index in [1.807, 2.05) is 24.3 Å². The second-order valence-electron chi connectivity index (χ2n) is 4.87. The van der Waals surface area contributed by atoms with Crippen LogP contribution in [0, 0.1) is 0 Å². The van der Waals surface area contributed by atoms with E-state index in [0.717, 1.165) is 30.0 Å². The SMILES string of the molecule is CCCCC1(CCC(=O)NN)N=c2ccccc2=N1. The summed E-state index contributed by atoms with van der Waals surface area (Å²) in [4.78, 5) is 20.8. The fourth-order valence-electron chi connectivity index (χ4n) is 2.32.